The number of benzene rings is 1. The van der Waals surface area contributed by atoms with Crippen molar-refractivity contribution in [3.63, 3.8) is 0 Å². The van der Waals surface area contributed by atoms with E-state index in [9.17, 15) is 4.79 Å². The Bertz CT molecular complexity index is 900. The lowest BCUT2D eigenvalue weighted by molar-refractivity contribution is 0.0801. The summed E-state index contributed by atoms with van der Waals surface area (Å²) in [6, 6.07) is 9.76. The molecule has 2 aromatic heterocycles. The van der Waals surface area contributed by atoms with E-state index < -0.39 is 0 Å². The normalized spacial score (nSPS) is 20.0. The molecule has 1 aliphatic rings. The number of carbonyl (C=O) groups excluding carboxylic acids is 1. The van der Waals surface area contributed by atoms with Crippen LogP contribution in [0.2, 0.25) is 0 Å². The van der Waals surface area contributed by atoms with Crippen LogP contribution in [-0.2, 0) is 11.8 Å². The first-order valence-corrected chi connectivity index (χ1v) is 8.44. The third-order valence-corrected chi connectivity index (χ3v) is 4.80. The van der Waals surface area contributed by atoms with Gasteiger partial charge < -0.3 is 10.1 Å². The standard InChI is InChI=1S/C19H20N4O2/c1-23-17(6-8-22-23)18-14(7-9-25-18)11-21-19(24)16-12-20-10-13-4-2-3-5-15(13)16/h2-6,8,10,12,14,18H,7,9,11H2,1H3,(H,21,24)/t14-,18+/m0/s1. The molecule has 0 bridgehead atoms. The van der Waals surface area contributed by atoms with Crippen LogP contribution in [0, 0.1) is 5.92 Å². The van der Waals surface area contributed by atoms with Crippen molar-refractivity contribution in [1.82, 2.24) is 20.1 Å². The van der Waals surface area contributed by atoms with Gasteiger partial charge in [0.25, 0.3) is 5.91 Å². The number of nitrogens with one attached hydrogen (secondary N) is 1. The van der Waals surface area contributed by atoms with Crippen molar-refractivity contribution < 1.29 is 9.53 Å². The van der Waals surface area contributed by atoms with E-state index in [0.717, 1.165) is 22.9 Å². The third kappa shape index (κ3) is 3.00. The maximum Gasteiger partial charge on any atom is 0.253 e. The van der Waals surface area contributed by atoms with E-state index in [-0.39, 0.29) is 17.9 Å². The number of aromatic nitrogens is 3. The predicted octanol–water partition coefficient (Wildman–Crippen LogP) is 2.48. The number of amides is 1. The topological polar surface area (TPSA) is 69.0 Å². The van der Waals surface area contributed by atoms with Gasteiger partial charge in [-0.15, -0.1) is 0 Å². The van der Waals surface area contributed by atoms with Gasteiger partial charge >= 0.3 is 0 Å². The minimum atomic E-state index is -0.0973. The monoisotopic (exact) mass is 336 g/mol. The van der Waals surface area contributed by atoms with E-state index >= 15 is 0 Å². The maximum absolute atomic E-state index is 12.7. The summed E-state index contributed by atoms with van der Waals surface area (Å²) in [5, 5.41) is 9.15. The molecule has 0 spiro atoms. The highest BCUT2D eigenvalue weighted by Gasteiger charge is 2.31. The van der Waals surface area contributed by atoms with E-state index in [1.807, 2.05) is 42.1 Å². The molecule has 1 amide bonds. The summed E-state index contributed by atoms with van der Waals surface area (Å²) in [6.45, 7) is 1.27. The Labute approximate surface area is 145 Å². The van der Waals surface area contributed by atoms with E-state index in [2.05, 4.69) is 15.4 Å². The molecule has 4 rings (SSSR count). The molecule has 3 heterocycles. The average molecular weight is 336 g/mol. The van der Waals surface area contributed by atoms with Gasteiger partial charge in [0, 0.05) is 50.1 Å². The maximum atomic E-state index is 12.7. The SMILES string of the molecule is Cn1nccc1[C@@H]1OCC[C@H]1CNC(=O)c1cncc2ccccc12. The first-order valence-electron chi connectivity index (χ1n) is 8.44. The Balaban J connectivity index is 1.49. The van der Waals surface area contributed by atoms with Crippen LogP contribution in [-0.4, -0.2) is 33.8 Å². The van der Waals surface area contributed by atoms with E-state index in [0.29, 0.717) is 18.7 Å². The molecule has 1 N–H and O–H groups in total. The van der Waals surface area contributed by atoms with Gasteiger partial charge in [0.05, 0.1) is 11.3 Å². The molecular weight excluding hydrogens is 316 g/mol. The molecule has 1 saturated heterocycles. The van der Waals surface area contributed by atoms with Gasteiger partial charge in [-0.05, 0) is 17.9 Å². The number of nitrogens with zero attached hydrogens (tertiary/aromatic N) is 3. The third-order valence-electron chi connectivity index (χ3n) is 4.80. The lowest BCUT2D eigenvalue weighted by atomic mass is 9.98. The Morgan fingerprint density at radius 1 is 1.32 bits per heavy atom. The quantitative estimate of drug-likeness (QED) is 0.795. The molecule has 0 unspecified atom stereocenters. The van der Waals surface area contributed by atoms with Gasteiger partial charge in [0.1, 0.15) is 6.10 Å². The summed E-state index contributed by atoms with van der Waals surface area (Å²) in [4.78, 5) is 16.8. The van der Waals surface area contributed by atoms with Crippen molar-refractivity contribution >= 4 is 16.7 Å². The smallest absolute Gasteiger partial charge is 0.253 e. The summed E-state index contributed by atoms with van der Waals surface area (Å²) < 4.78 is 7.71. The van der Waals surface area contributed by atoms with Crippen molar-refractivity contribution in [3.8, 4) is 0 Å². The highest BCUT2D eigenvalue weighted by molar-refractivity contribution is 6.06. The zero-order chi connectivity index (χ0) is 17.2. The van der Waals surface area contributed by atoms with Crippen LogP contribution in [0.1, 0.15) is 28.6 Å². The van der Waals surface area contributed by atoms with Crippen molar-refractivity contribution in [2.75, 3.05) is 13.2 Å². The molecule has 0 radical (unpaired) electrons. The molecular formula is C19H20N4O2. The highest BCUT2D eigenvalue weighted by atomic mass is 16.5. The molecule has 1 fully saturated rings. The molecule has 0 saturated carbocycles. The van der Waals surface area contributed by atoms with Gasteiger partial charge in [-0.3, -0.25) is 14.5 Å². The highest BCUT2D eigenvalue weighted by Crippen LogP contribution is 2.33. The number of ether oxygens (including phenoxy) is 1. The van der Waals surface area contributed by atoms with Crippen molar-refractivity contribution in [1.29, 1.82) is 0 Å². The fraction of sp³-hybridized carbons (Fsp3) is 0.316. The number of pyridine rings is 1. The number of aryl methyl sites for hydroxylation is 1. The van der Waals surface area contributed by atoms with Crippen LogP contribution in [0.15, 0.2) is 48.9 Å². The Morgan fingerprint density at radius 3 is 3.04 bits per heavy atom. The fourth-order valence-electron chi connectivity index (χ4n) is 3.45. The molecule has 0 aliphatic carbocycles. The second kappa shape index (κ2) is 6.64. The second-order valence-corrected chi connectivity index (χ2v) is 6.34. The van der Waals surface area contributed by atoms with E-state index in [4.69, 9.17) is 4.74 Å². The van der Waals surface area contributed by atoms with Crippen LogP contribution in [0.4, 0.5) is 0 Å². The zero-order valence-electron chi connectivity index (χ0n) is 14.1. The van der Waals surface area contributed by atoms with Crippen LogP contribution in [0.3, 0.4) is 0 Å². The average Bonchev–Trinajstić information content (AvgIpc) is 3.27. The van der Waals surface area contributed by atoms with Crippen molar-refractivity contribution in [3.05, 3.63) is 60.2 Å². The number of fused-ring (bicyclic) bond motifs is 1. The summed E-state index contributed by atoms with van der Waals surface area (Å²) in [5.74, 6) is 0.141. The zero-order valence-corrected chi connectivity index (χ0v) is 14.1. The van der Waals surface area contributed by atoms with Gasteiger partial charge in [0.15, 0.2) is 0 Å². The lowest BCUT2D eigenvalue weighted by Gasteiger charge is -2.19. The van der Waals surface area contributed by atoms with Crippen LogP contribution < -0.4 is 5.32 Å². The Morgan fingerprint density at radius 2 is 2.20 bits per heavy atom. The Hall–Kier alpha value is -2.73. The summed E-state index contributed by atoms with van der Waals surface area (Å²) >= 11 is 0. The van der Waals surface area contributed by atoms with Crippen LogP contribution in [0.5, 0.6) is 0 Å². The molecule has 3 aromatic rings. The van der Waals surface area contributed by atoms with Crippen LogP contribution in [0.25, 0.3) is 10.8 Å². The summed E-state index contributed by atoms with van der Waals surface area (Å²) in [7, 11) is 1.91. The number of rotatable bonds is 4. The van der Waals surface area contributed by atoms with Crippen molar-refractivity contribution in [2.24, 2.45) is 13.0 Å². The molecule has 25 heavy (non-hydrogen) atoms. The lowest BCUT2D eigenvalue weighted by Crippen LogP contribution is -2.31. The Kier molecular flexibility index (Phi) is 4.19. The van der Waals surface area contributed by atoms with Gasteiger partial charge in [0.2, 0.25) is 0 Å². The molecule has 6 nitrogen and oxygen atoms in total. The molecule has 128 valence electrons. The fourth-order valence-corrected chi connectivity index (χ4v) is 3.45. The summed E-state index contributed by atoms with van der Waals surface area (Å²) in [6.07, 6.45) is 6.06. The molecule has 1 aromatic carbocycles. The summed E-state index contributed by atoms with van der Waals surface area (Å²) in [5.41, 5.74) is 1.65. The predicted molar refractivity (Wildman–Crippen MR) is 94.1 cm³/mol. The molecule has 2 atom stereocenters. The first kappa shape index (κ1) is 15.8. The number of carbonyl (C=O) groups is 1. The van der Waals surface area contributed by atoms with Crippen molar-refractivity contribution in [2.45, 2.75) is 12.5 Å². The van der Waals surface area contributed by atoms with Crippen LogP contribution >= 0.6 is 0 Å². The first-order chi connectivity index (χ1) is 12.2. The minimum absolute atomic E-state index is 0.0292. The molecule has 1 aliphatic heterocycles. The van der Waals surface area contributed by atoms with E-state index in [1.165, 1.54) is 0 Å². The van der Waals surface area contributed by atoms with Gasteiger partial charge in [-0.25, -0.2) is 0 Å². The number of hydrogen-bond donors (Lipinski definition) is 1. The minimum Gasteiger partial charge on any atom is -0.372 e. The second-order valence-electron chi connectivity index (χ2n) is 6.34. The largest absolute Gasteiger partial charge is 0.372 e. The number of hydrogen-bond acceptors (Lipinski definition) is 4. The van der Waals surface area contributed by atoms with Gasteiger partial charge in [-0.2, -0.15) is 5.10 Å². The molecule has 6 heteroatoms. The van der Waals surface area contributed by atoms with Gasteiger partial charge in [-0.1, -0.05) is 24.3 Å². The van der Waals surface area contributed by atoms with E-state index in [1.54, 1.807) is 18.6 Å².